The predicted molar refractivity (Wildman–Crippen MR) is 253 cm³/mol. The largest absolute Gasteiger partial charge is 0.394 e. The van der Waals surface area contributed by atoms with Crippen molar-refractivity contribution in [1.29, 1.82) is 0 Å². The fourth-order valence-corrected chi connectivity index (χ4v) is 7.92. The fourth-order valence-electron chi connectivity index (χ4n) is 7.92. The second-order valence-electron chi connectivity index (χ2n) is 17.6. The molecule has 2 atom stereocenters. The first kappa shape index (κ1) is 55.6. The zero-order chi connectivity index (χ0) is 41.4. The summed E-state index contributed by atoms with van der Waals surface area (Å²) in [6, 6.07) is -0.643. The van der Waals surface area contributed by atoms with E-state index < -0.39 is 12.1 Å². The van der Waals surface area contributed by atoms with Gasteiger partial charge in [0.2, 0.25) is 5.91 Å². The van der Waals surface area contributed by atoms with Crippen molar-refractivity contribution in [3.05, 3.63) is 36.5 Å². The Balaban J connectivity index is 3.55. The Hall–Kier alpha value is -1.39. The lowest BCUT2D eigenvalue weighted by molar-refractivity contribution is -0.123. The van der Waals surface area contributed by atoms with Gasteiger partial charge in [-0.05, 0) is 44.9 Å². The summed E-state index contributed by atoms with van der Waals surface area (Å²) in [6.07, 6.45) is 65.7. The van der Waals surface area contributed by atoms with Crippen LogP contribution in [-0.4, -0.2) is 34.9 Å². The van der Waals surface area contributed by atoms with Crippen molar-refractivity contribution >= 4 is 5.91 Å². The van der Waals surface area contributed by atoms with Crippen LogP contribution in [0, 0.1) is 0 Å². The molecule has 0 aromatic rings. The van der Waals surface area contributed by atoms with E-state index in [1.165, 1.54) is 218 Å². The molecule has 4 heteroatoms. The third-order valence-corrected chi connectivity index (χ3v) is 11.9. The highest BCUT2D eigenvalue weighted by Crippen LogP contribution is 2.17. The average Bonchev–Trinajstić information content (AvgIpc) is 3.22. The topological polar surface area (TPSA) is 69.6 Å². The normalized spacial score (nSPS) is 13.1. The van der Waals surface area contributed by atoms with Crippen LogP contribution in [0.2, 0.25) is 0 Å². The summed E-state index contributed by atoms with van der Waals surface area (Å²) in [6.45, 7) is 4.32. The van der Waals surface area contributed by atoms with E-state index in [4.69, 9.17) is 0 Å². The van der Waals surface area contributed by atoms with Crippen molar-refractivity contribution in [2.75, 3.05) is 6.61 Å². The molecule has 0 spiro atoms. The first-order valence-corrected chi connectivity index (χ1v) is 25.7. The number of carbonyl (C=O) groups is 1. The molecule has 0 aliphatic rings. The number of hydrogen-bond acceptors (Lipinski definition) is 3. The molecule has 0 saturated heterocycles. The quantitative estimate of drug-likeness (QED) is 0.0424. The molecule has 0 saturated carbocycles. The Kier molecular flexibility index (Phi) is 47.8. The van der Waals surface area contributed by atoms with Crippen molar-refractivity contribution in [1.82, 2.24) is 5.32 Å². The van der Waals surface area contributed by atoms with Crippen LogP contribution in [0.3, 0.4) is 0 Å². The summed E-state index contributed by atoms with van der Waals surface area (Å²) in [5.74, 6) is -0.0731. The highest BCUT2D eigenvalue weighted by molar-refractivity contribution is 5.76. The zero-order valence-electron chi connectivity index (χ0n) is 38.6. The molecule has 0 bridgehead atoms. The highest BCUT2D eigenvalue weighted by atomic mass is 16.3. The van der Waals surface area contributed by atoms with Crippen molar-refractivity contribution < 1.29 is 15.0 Å². The van der Waals surface area contributed by atoms with Gasteiger partial charge in [0.1, 0.15) is 0 Å². The van der Waals surface area contributed by atoms with Crippen LogP contribution in [0.4, 0.5) is 0 Å². The molecule has 2 unspecified atom stereocenters. The van der Waals surface area contributed by atoms with Crippen LogP contribution in [0.1, 0.15) is 277 Å². The number of rotatable bonds is 47. The molecule has 0 heterocycles. The highest BCUT2D eigenvalue weighted by Gasteiger charge is 2.17. The van der Waals surface area contributed by atoms with Gasteiger partial charge in [0.15, 0.2) is 0 Å². The van der Waals surface area contributed by atoms with Crippen LogP contribution in [0.15, 0.2) is 36.5 Å². The van der Waals surface area contributed by atoms with Crippen molar-refractivity contribution in [2.45, 2.75) is 289 Å². The van der Waals surface area contributed by atoms with Gasteiger partial charge < -0.3 is 15.5 Å². The van der Waals surface area contributed by atoms with Gasteiger partial charge in [-0.25, -0.2) is 0 Å². The van der Waals surface area contributed by atoms with E-state index in [9.17, 15) is 15.0 Å². The summed E-state index contributed by atoms with van der Waals surface area (Å²) >= 11 is 0. The number of aliphatic hydroxyl groups is 2. The lowest BCUT2D eigenvalue weighted by Crippen LogP contribution is -2.45. The lowest BCUT2D eigenvalue weighted by Gasteiger charge is -2.19. The smallest absolute Gasteiger partial charge is 0.220 e. The Morgan fingerprint density at radius 3 is 1.02 bits per heavy atom. The monoisotopic (exact) mass is 800 g/mol. The Bertz CT molecular complexity index is 866. The molecule has 1 amide bonds. The fraction of sp³-hybridized carbons (Fsp3) is 0.868. The van der Waals surface area contributed by atoms with E-state index in [0.717, 1.165) is 38.5 Å². The van der Waals surface area contributed by atoms with Gasteiger partial charge >= 0.3 is 0 Å². The van der Waals surface area contributed by atoms with Crippen LogP contribution in [-0.2, 0) is 4.79 Å². The van der Waals surface area contributed by atoms with Gasteiger partial charge in [-0.2, -0.15) is 0 Å². The molecule has 0 aromatic carbocycles. The van der Waals surface area contributed by atoms with Gasteiger partial charge in [0.05, 0.1) is 18.8 Å². The first-order chi connectivity index (χ1) is 28.2. The van der Waals surface area contributed by atoms with Crippen molar-refractivity contribution in [2.24, 2.45) is 0 Å². The molecule has 4 nitrogen and oxygen atoms in total. The zero-order valence-corrected chi connectivity index (χ0v) is 38.6. The number of carbonyl (C=O) groups excluding carboxylic acids is 1. The second kappa shape index (κ2) is 49.0. The van der Waals surface area contributed by atoms with Crippen LogP contribution >= 0.6 is 0 Å². The molecule has 336 valence electrons. The van der Waals surface area contributed by atoms with Gasteiger partial charge in [-0.1, -0.05) is 262 Å². The molecule has 0 fully saturated rings. The summed E-state index contributed by atoms with van der Waals surface area (Å²) in [7, 11) is 0. The number of hydrogen-bond donors (Lipinski definition) is 3. The van der Waals surface area contributed by atoms with E-state index in [0.29, 0.717) is 6.42 Å². The molecule has 57 heavy (non-hydrogen) atoms. The summed E-state index contributed by atoms with van der Waals surface area (Å²) in [4.78, 5) is 12.4. The van der Waals surface area contributed by atoms with Gasteiger partial charge in [-0.3, -0.25) is 4.79 Å². The van der Waals surface area contributed by atoms with E-state index in [-0.39, 0.29) is 12.5 Å². The SMILES string of the molecule is CCCCCCCCCCCCC/C=C/CC/C=C/CC/C=C/C(O)C(CO)NC(=O)CCCCCCCCCCCCCCCCCCCCCCCCCC. The number of nitrogens with one attached hydrogen (secondary N) is 1. The third kappa shape index (κ3) is 45.5. The molecule has 0 rings (SSSR count). The number of unbranched alkanes of at least 4 members (excludes halogenated alkanes) is 36. The molecule has 0 radical (unpaired) electrons. The predicted octanol–water partition coefficient (Wildman–Crippen LogP) is 16.5. The van der Waals surface area contributed by atoms with E-state index in [2.05, 4.69) is 43.5 Å². The number of allylic oxidation sites excluding steroid dienone is 5. The van der Waals surface area contributed by atoms with Crippen LogP contribution in [0.25, 0.3) is 0 Å². The van der Waals surface area contributed by atoms with E-state index in [1.54, 1.807) is 6.08 Å². The lowest BCUT2D eigenvalue weighted by atomic mass is 10.0. The average molecular weight is 800 g/mol. The maximum absolute atomic E-state index is 12.4. The molecule has 0 aliphatic carbocycles. The minimum Gasteiger partial charge on any atom is -0.394 e. The maximum Gasteiger partial charge on any atom is 0.220 e. The molecular weight excluding hydrogens is 699 g/mol. The minimum absolute atomic E-state index is 0.0731. The third-order valence-electron chi connectivity index (χ3n) is 11.9. The first-order valence-electron chi connectivity index (χ1n) is 25.7. The minimum atomic E-state index is -0.868. The van der Waals surface area contributed by atoms with E-state index in [1.807, 2.05) is 6.08 Å². The Labute approximate surface area is 357 Å². The Morgan fingerprint density at radius 1 is 0.404 bits per heavy atom. The van der Waals surface area contributed by atoms with E-state index >= 15 is 0 Å². The molecular formula is C53H101NO3. The number of aliphatic hydroxyl groups excluding tert-OH is 2. The van der Waals surface area contributed by atoms with Gasteiger partial charge in [-0.15, -0.1) is 0 Å². The van der Waals surface area contributed by atoms with Crippen molar-refractivity contribution in [3.63, 3.8) is 0 Å². The summed E-state index contributed by atoms with van der Waals surface area (Å²) in [5.41, 5.74) is 0. The van der Waals surface area contributed by atoms with Crippen LogP contribution < -0.4 is 5.32 Å². The van der Waals surface area contributed by atoms with Crippen molar-refractivity contribution in [3.8, 4) is 0 Å². The summed E-state index contributed by atoms with van der Waals surface area (Å²) < 4.78 is 0. The molecule has 3 N–H and O–H groups in total. The molecule has 0 aliphatic heterocycles. The van der Waals surface area contributed by atoms with Crippen LogP contribution in [0.5, 0.6) is 0 Å². The maximum atomic E-state index is 12.4. The number of amides is 1. The molecule has 0 aromatic heterocycles. The second-order valence-corrected chi connectivity index (χ2v) is 17.6. The Morgan fingerprint density at radius 2 is 0.684 bits per heavy atom. The van der Waals surface area contributed by atoms with Gasteiger partial charge in [0.25, 0.3) is 0 Å². The van der Waals surface area contributed by atoms with Gasteiger partial charge in [0, 0.05) is 6.42 Å². The standard InChI is InChI=1S/C53H101NO3/c1-3-5-7-9-11-13-15-17-19-21-23-25-26-27-29-31-33-35-37-39-41-43-45-47-49-53(57)54-51(50-55)52(56)48-46-44-42-40-38-36-34-32-30-28-24-22-20-18-16-14-12-10-8-6-4-2/h30,32,38,40,46,48,51-52,55-56H,3-29,31,33-37,39,41-45,47,49-50H2,1-2H3,(H,54,57)/b32-30+,40-38+,48-46+. The summed E-state index contributed by atoms with van der Waals surface area (Å²) in [5, 5.41) is 23.1.